The Labute approximate surface area is 160 Å². The number of furan rings is 1. The van der Waals surface area contributed by atoms with Crippen LogP contribution in [0, 0.1) is 19.8 Å². The maximum absolute atomic E-state index is 12.5. The molecule has 3 aromatic rings. The zero-order chi connectivity index (χ0) is 19.4. The molecule has 1 unspecified atom stereocenters. The maximum atomic E-state index is 12.5. The molecule has 7 heteroatoms. The number of rotatable bonds is 7. The first-order valence-electron chi connectivity index (χ1n) is 8.53. The monoisotopic (exact) mass is 384 g/mol. The zero-order valence-corrected chi connectivity index (χ0v) is 15.9. The number of carboxylic acid groups (broad SMARTS) is 1. The average molecular weight is 384 g/mol. The topological polar surface area (TPSA) is 92.4 Å². The van der Waals surface area contributed by atoms with Gasteiger partial charge in [0.2, 0.25) is 0 Å². The predicted molar refractivity (Wildman–Crippen MR) is 103 cm³/mol. The third kappa shape index (κ3) is 4.62. The van der Waals surface area contributed by atoms with Crippen LogP contribution in [0.5, 0.6) is 0 Å². The van der Waals surface area contributed by atoms with E-state index in [1.807, 2.05) is 49.4 Å². The summed E-state index contributed by atoms with van der Waals surface area (Å²) in [6.07, 6.45) is 0.356. The van der Waals surface area contributed by atoms with E-state index in [9.17, 15) is 14.7 Å². The van der Waals surface area contributed by atoms with E-state index in [2.05, 4.69) is 10.3 Å². The Morgan fingerprint density at radius 2 is 1.93 bits per heavy atom. The van der Waals surface area contributed by atoms with E-state index >= 15 is 0 Å². The lowest BCUT2D eigenvalue weighted by Gasteiger charge is -2.13. The van der Waals surface area contributed by atoms with Crippen LogP contribution >= 0.6 is 11.3 Å². The van der Waals surface area contributed by atoms with Crippen molar-refractivity contribution in [2.75, 3.05) is 6.54 Å². The highest BCUT2D eigenvalue weighted by Crippen LogP contribution is 2.29. The molecule has 0 spiro atoms. The van der Waals surface area contributed by atoms with Gasteiger partial charge in [0.1, 0.15) is 10.6 Å². The average Bonchev–Trinajstić information content (AvgIpc) is 3.24. The quantitative estimate of drug-likeness (QED) is 0.648. The number of amides is 1. The summed E-state index contributed by atoms with van der Waals surface area (Å²) in [5, 5.41) is 12.8. The van der Waals surface area contributed by atoms with Crippen LogP contribution in [0.15, 0.2) is 46.9 Å². The van der Waals surface area contributed by atoms with E-state index in [0.717, 1.165) is 11.3 Å². The number of benzene rings is 1. The van der Waals surface area contributed by atoms with E-state index in [4.69, 9.17) is 4.42 Å². The Morgan fingerprint density at radius 1 is 1.19 bits per heavy atom. The summed E-state index contributed by atoms with van der Waals surface area (Å²) >= 11 is 1.23. The van der Waals surface area contributed by atoms with Crippen molar-refractivity contribution >= 4 is 23.2 Å². The van der Waals surface area contributed by atoms with E-state index in [1.54, 1.807) is 6.92 Å². The number of carbonyl (C=O) groups is 2. The van der Waals surface area contributed by atoms with Gasteiger partial charge in [-0.3, -0.25) is 9.59 Å². The molecule has 0 aliphatic rings. The second-order valence-electron chi connectivity index (χ2n) is 6.28. The van der Waals surface area contributed by atoms with Gasteiger partial charge in [-0.15, -0.1) is 11.3 Å². The largest absolute Gasteiger partial charge is 0.481 e. The van der Waals surface area contributed by atoms with Crippen LogP contribution in [-0.2, 0) is 11.2 Å². The number of hydrogen-bond acceptors (Lipinski definition) is 5. The predicted octanol–water partition coefficient (Wildman–Crippen LogP) is 3.69. The van der Waals surface area contributed by atoms with Gasteiger partial charge in [-0.25, -0.2) is 4.98 Å². The van der Waals surface area contributed by atoms with Crippen molar-refractivity contribution in [3.63, 3.8) is 0 Å². The molecule has 140 valence electrons. The summed E-state index contributed by atoms with van der Waals surface area (Å²) in [7, 11) is 0. The van der Waals surface area contributed by atoms with Crippen molar-refractivity contribution in [1.29, 1.82) is 0 Å². The summed E-state index contributed by atoms with van der Waals surface area (Å²) in [5.41, 5.74) is 1.51. The Hall–Kier alpha value is -2.93. The molecule has 1 aromatic carbocycles. The first kappa shape index (κ1) is 18.8. The van der Waals surface area contributed by atoms with Crippen molar-refractivity contribution < 1.29 is 19.1 Å². The number of aryl methyl sites for hydroxylation is 2. The molecule has 1 amide bonds. The number of aromatic nitrogens is 1. The van der Waals surface area contributed by atoms with Crippen LogP contribution in [0.4, 0.5) is 0 Å². The van der Waals surface area contributed by atoms with Gasteiger partial charge in [0.25, 0.3) is 5.91 Å². The molecule has 0 aliphatic carbocycles. The minimum Gasteiger partial charge on any atom is -0.481 e. The molecule has 0 saturated carbocycles. The van der Waals surface area contributed by atoms with E-state index in [0.29, 0.717) is 27.8 Å². The Balaban J connectivity index is 1.67. The second-order valence-corrected chi connectivity index (χ2v) is 7.28. The molecule has 0 radical (unpaired) electrons. The van der Waals surface area contributed by atoms with Gasteiger partial charge in [0.05, 0.1) is 11.6 Å². The smallest absolute Gasteiger partial charge is 0.308 e. The van der Waals surface area contributed by atoms with E-state index in [1.165, 1.54) is 11.3 Å². The van der Waals surface area contributed by atoms with Gasteiger partial charge in [-0.05, 0) is 38.0 Å². The summed E-state index contributed by atoms with van der Waals surface area (Å²) in [6, 6.07) is 13.0. The normalized spacial score (nSPS) is 11.9. The molecule has 0 bridgehead atoms. The first-order valence-corrected chi connectivity index (χ1v) is 9.35. The number of nitrogens with one attached hydrogen (secondary N) is 1. The molecule has 2 N–H and O–H groups in total. The lowest BCUT2D eigenvalue weighted by Crippen LogP contribution is -2.34. The lowest BCUT2D eigenvalue weighted by atomic mass is 9.99. The SMILES string of the molecule is Cc1ccc(-c2nc(C)c(C(=O)NCC(Cc3ccccc3)C(=O)O)s2)o1. The summed E-state index contributed by atoms with van der Waals surface area (Å²) in [4.78, 5) is 28.9. The molecule has 2 aromatic heterocycles. The molecular weight excluding hydrogens is 364 g/mol. The van der Waals surface area contributed by atoms with Crippen molar-refractivity contribution in [3.8, 4) is 10.8 Å². The standard InChI is InChI=1S/C20H20N2O4S/c1-12-8-9-16(26-12)19-22-13(2)17(27-19)18(23)21-11-15(20(24)25)10-14-6-4-3-5-7-14/h3-9,15H,10-11H2,1-2H3,(H,21,23)(H,24,25). The third-order valence-electron chi connectivity index (χ3n) is 4.14. The van der Waals surface area contributed by atoms with Crippen LogP contribution in [0.2, 0.25) is 0 Å². The molecule has 0 saturated heterocycles. The fourth-order valence-electron chi connectivity index (χ4n) is 2.70. The highest BCUT2D eigenvalue weighted by Gasteiger charge is 2.22. The van der Waals surface area contributed by atoms with Gasteiger partial charge >= 0.3 is 5.97 Å². The molecule has 1 atom stereocenters. The molecule has 0 aliphatic heterocycles. The van der Waals surface area contributed by atoms with Gasteiger partial charge in [0.15, 0.2) is 10.8 Å². The molecule has 0 fully saturated rings. The number of carbonyl (C=O) groups excluding carboxylic acids is 1. The Morgan fingerprint density at radius 3 is 2.56 bits per heavy atom. The lowest BCUT2D eigenvalue weighted by molar-refractivity contribution is -0.141. The second kappa shape index (κ2) is 8.18. The third-order valence-corrected chi connectivity index (χ3v) is 5.31. The van der Waals surface area contributed by atoms with Crippen LogP contribution in [0.1, 0.15) is 26.7 Å². The van der Waals surface area contributed by atoms with Crippen molar-refractivity contribution in [2.45, 2.75) is 20.3 Å². The molecule has 27 heavy (non-hydrogen) atoms. The van der Waals surface area contributed by atoms with Gasteiger partial charge in [0, 0.05) is 6.54 Å². The first-order chi connectivity index (χ1) is 12.9. The maximum Gasteiger partial charge on any atom is 0.308 e. The van der Waals surface area contributed by atoms with E-state index in [-0.39, 0.29) is 12.5 Å². The highest BCUT2D eigenvalue weighted by molar-refractivity contribution is 7.17. The minimum absolute atomic E-state index is 0.0512. The van der Waals surface area contributed by atoms with Crippen LogP contribution in [-0.4, -0.2) is 28.5 Å². The van der Waals surface area contributed by atoms with Gasteiger partial charge in [-0.1, -0.05) is 30.3 Å². The Bertz CT molecular complexity index is 946. The summed E-state index contributed by atoms with van der Waals surface area (Å²) in [6.45, 7) is 3.65. The Kier molecular flexibility index (Phi) is 5.71. The number of aliphatic carboxylic acids is 1. The fraction of sp³-hybridized carbons (Fsp3) is 0.250. The molecule has 6 nitrogen and oxygen atoms in total. The molecule has 2 heterocycles. The number of nitrogens with zero attached hydrogens (tertiary/aromatic N) is 1. The molecular formula is C20H20N2O4S. The van der Waals surface area contributed by atoms with Gasteiger partial charge < -0.3 is 14.8 Å². The van der Waals surface area contributed by atoms with E-state index < -0.39 is 11.9 Å². The number of hydrogen-bond donors (Lipinski definition) is 2. The van der Waals surface area contributed by atoms with Crippen molar-refractivity contribution in [2.24, 2.45) is 5.92 Å². The highest BCUT2D eigenvalue weighted by atomic mass is 32.1. The zero-order valence-electron chi connectivity index (χ0n) is 15.1. The minimum atomic E-state index is -0.938. The fourth-order valence-corrected chi connectivity index (χ4v) is 3.65. The summed E-state index contributed by atoms with van der Waals surface area (Å²) < 4.78 is 5.55. The summed E-state index contributed by atoms with van der Waals surface area (Å²) in [5.74, 6) is -0.566. The van der Waals surface area contributed by atoms with Crippen LogP contribution in [0.3, 0.4) is 0 Å². The van der Waals surface area contributed by atoms with Crippen LogP contribution < -0.4 is 5.32 Å². The van der Waals surface area contributed by atoms with Crippen LogP contribution in [0.25, 0.3) is 10.8 Å². The van der Waals surface area contributed by atoms with Crippen molar-refractivity contribution in [3.05, 3.63) is 64.4 Å². The van der Waals surface area contributed by atoms with Crippen molar-refractivity contribution in [1.82, 2.24) is 10.3 Å². The number of carboxylic acids is 1. The van der Waals surface area contributed by atoms with Gasteiger partial charge in [-0.2, -0.15) is 0 Å². The number of thiazole rings is 1. The molecule has 3 rings (SSSR count).